The largest absolute Gasteiger partial charge is 0.376 e. The van der Waals surface area contributed by atoms with Gasteiger partial charge >= 0.3 is 0 Å². The van der Waals surface area contributed by atoms with Crippen LogP contribution in [0.1, 0.15) is 10.4 Å². The van der Waals surface area contributed by atoms with Crippen molar-refractivity contribution >= 4 is 5.91 Å². The van der Waals surface area contributed by atoms with Crippen LogP contribution in [0.2, 0.25) is 0 Å². The normalized spacial score (nSPS) is 9.69. The minimum atomic E-state index is -0.502. The number of pyridine rings is 1. The van der Waals surface area contributed by atoms with E-state index in [9.17, 15) is 4.79 Å². The monoisotopic (exact) mass is 182 g/mol. The highest BCUT2D eigenvalue weighted by Crippen LogP contribution is 2.01. The van der Waals surface area contributed by atoms with E-state index in [1.165, 1.54) is 24.5 Å². The number of hydrogen-bond acceptors (Lipinski definition) is 4. The molecule has 0 spiro atoms. The lowest BCUT2D eigenvalue weighted by Crippen LogP contribution is -2.32. The number of aromatic nitrogens is 1. The first-order chi connectivity index (χ1) is 6.29. The predicted octanol–water partition coefficient (Wildman–Crippen LogP) is -0.577. The van der Waals surface area contributed by atoms with Crippen molar-refractivity contribution in [1.29, 1.82) is 0 Å². The van der Waals surface area contributed by atoms with Gasteiger partial charge in [-0.15, -0.1) is 0 Å². The van der Waals surface area contributed by atoms with Gasteiger partial charge in [-0.25, -0.2) is 0 Å². The molecule has 0 fully saturated rings. The molecule has 0 atom stereocenters. The Hall–Kier alpha value is -1.46. The summed E-state index contributed by atoms with van der Waals surface area (Å²) in [5.74, 6) is -0.424. The summed E-state index contributed by atoms with van der Waals surface area (Å²) in [6.45, 7) is -1.00. The molecule has 0 saturated heterocycles. The Morgan fingerprint density at radius 2 is 1.85 bits per heavy atom. The topological polar surface area (TPSA) is 73.7 Å². The molecule has 13 heavy (non-hydrogen) atoms. The number of hydrogen-bond donors (Lipinski definition) is 2. The van der Waals surface area contributed by atoms with Gasteiger partial charge in [0.1, 0.15) is 13.5 Å². The van der Waals surface area contributed by atoms with Crippen LogP contribution in [0.4, 0.5) is 0 Å². The Balaban J connectivity index is 2.78. The highest BCUT2D eigenvalue weighted by atomic mass is 16.3. The van der Waals surface area contributed by atoms with E-state index in [1.807, 2.05) is 0 Å². The van der Waals surface area contributed by atoms with Gasteiger partial charge < -0.3 is 10.2 Å². The van der Waals surface area contributed by atoms with E-state index in [1.54, 1.807) is 0 Å². The maximum atomic E-state index is 11.4. The second-order valence-electron chi connectivity index (χ2n) is 2.36. The van der Waals surface area contributed by atoms with Crippen LogP contribution in [0.25, 0.3) is 0 Å². The molecule has 0 aliphatic rings. The molecule has 0 unspecified atom stereocenters. The Bertz CT molecular complexity index is 272. The minimum absolute atomic E-state index is 0.387. The quantitative estimate of drug-likeness (QED) is 0.613. The summed E-state index contributed by atoms with van der Waals surface area (Å²) in [4.78, 5) is 16.0. The Morgan fingerprint density at radius 1 is 1.31 bits per heavy atom. The summed E-state index contributed by atoms with van der Waals surface area (Å²) < 4.78 is 0. The van der Waals surface area contributed by atoms with Crippen molar-refractivity contribution in [3.8, 4) is 0 Å². The molecule has 1 aromatic rings. The van der Waals surface area contributed by atoms with Crippen molar-refractivity contribution in [3.05, 3.63) is 30.1 Å². The SMILES string of the molecule is O=C(c1ccncc1)N(CO)CO. The minimum Gasteiger partial charge on any atom is -0.376 e. The third kappa shape index (κ3) is 2.24. The van der Waals surface area contributed by atoms with E-state index in [0.717, 1.165) is 4.90 Å². The summed E-state index contributed by atoms with van der Waals surface area (Å²) in [5, 5.41) is 17.4. The zero-order chi connectivity index (χ0) is 9.68. The summed E-state index contributed by atoms with van der Waals surface area (Å²) in [6.07, 6.45) is 2.94. The molecule has 5 heteroatoms. The van der Waals surface area contributed by atoms with E-state index in [0.29, 0.717) is 5.56 Å². The number of aliphatic hydroxyl groups is 2. The number of rotatable bonds is 3. The molecule has 1 heterocycles. The Kier molecular flexibility index (Phi) is 3.36. The first-order valence-electron chi connectivity index (χ1n) is 3.70. The van der Waals surface area contributed by atoms with Gasteiger partial charge in [0.25, 0.3) is 5.91 Å². The summed E-state index contributed by atoms with van der Waals surface area (Å²) in [7, 11) is 0. The highest BCUT2D eigenvalue weighted by Gasteiger charge is 2.12. The lowest BCUT2D eigenvalue weighted by molar-refractivity contribution is 0.0240. The smallest absolute Gasteiger partial charge is 0.257 e. The van der Waals surface area contributed by atoms with Crippen LogP contribution in [0, 0.1) is 0 Å². The molecule has 0 saturated carbocycles. The second-order valence-corrected chi connectivity index (χ2v) is 2.36. The molecule has 5 nitrogen and oxygen atoms in total. The van der Waals surface area contributed by atoms with Gasteiger partial charge in [0, 0.05) is 18.0 Å². The third-order valence-corrected chi connectivity index (χ3v) is 1.56. The van der Waals surface area contributed by atoms with E-state index in [2.05, 4.69) is 4.98 Å². The fourth-order valence-electron chi connectivity index (χ4n) is 0.850. The van der Waals surface area contributed by atoms with Crippen LogP contribution < -0.4 is 0 Å². The molecule has 2 N–H and O–H groups in total. The average molecular weight is 182 g/mol. The molecule has 1 rings (SSSR count). The molecular weight excluding hydrogens is 172 g/mol. The molecule has 1 aromatic heterocycles. The maximum Gasteiger partial charge on any atom is 0.257 e. The van der Waals surface area contributed by atoms with Crippen LogP contribution >= 0.6 is 0 Å². The van der Waals surface area contributed by atoms with E-state index in [-0.39, 0.29) is 0 Å². The van der Waals surface area contributed by atoms with Gasteiger partial charge in [-0.2, -0.15) is 0 Å². The number of carbonyl (C=O) groups excluding carboxylic acids is 1. The maximum absolute atomic E-state index is 11.4. The number of carbonyl (C=O) groups is 1. The molecular formula is C8H10N2O3. The van der Waals surface area contributed by atoms with E-state index in [4.69, 9.17) is 10.2 Å². The molecule has 1 amide bonds. The standard InChI is InChI=1S/C8H10N2O3/c11-5-10(6-12)8(13)7-1-3-9-4-2-7/h1-4,11-12H,5-6H2. The van der Waals surface area contributed by atoms with Crippen LogP contribution in [0.3, 0.4) is 0 Å². The summed E-state index contributed by atoms with van der Waals surface area (Å²) in [5.41, 5.74) is 0.387. The van der Waals surface area contributed by atoms with Crippen LogP contribution in [0.15, 0.2) is 24.5 Å². The molecule has 0 bridgehead atoms. The average Bonchev–Trinajstić information content (AvgIpc) is 2.21. The van der Waals surface area contributed by atoms with Crippen LogP contribution in [-0.2, 0) is 0 Å². The lowest BCUT2D eigenvalue weighted by atomic mass is 10.2. The summed E-state index contributed by atoms with van der Waals surface area (Å²) in [6, 6.07) is 3.03. The number of nitrogens with zero attached hydrogens (tertiary/aromatic N) is 2. The fourth-order valence-corrected chi connectivity index (χ4v) is 0.850. The first-order valence-corrected chi connectivity index (χ1v) is 3.70. The van der Waals surface area contributed by atoms with E-state index < -0.39 is 19.4 Å². The predicted molar refractivity (Wildman–Crippen MR) is 44.6 cm³/mol. The lowest BCUT2D eigenvalue weighted by Gasteiger charge is -2.15. The van der Waals surface area contributed by atoms with Crippen molar-refractivity contribution in [2.45, 2.75) is 0 Å². The Labute approximate surface area is 75.3 Å². The van der Waals surface area contributed by atoms with Gasteiger partial charge in [-0.1, -0.05) is 0 Å². The van der Waals surface area contributed by atoms with Gasteiger partial charge in [-0.05, 0) is 12.1 Å². The molecule has 0 aromatic carbocycles. The fraction of sp³-hybridized carbons (Fsp3) is 0.250. The van der Waals surface area contributed by atoms with Gasteiger partial charge in [0.05, 0.1) is 0 Å². The van der Waals surface area contributed by atoms with Crippen molar-refractivity contribution in [3.63, 3.8) is 0 Å². The van der Waals surface area contributed by atoms with Crippen LogP contribution in [0.5, 0.6) is 0 Å². The first kappa shape index (κ1) is 9.63. The Morgan fingerprint density at radius 3 is 2.31 bits per heavy atom. The molecule has 0 radical (unpaired) electrons. The van der Waals surface area contributed by atoms with Crippen molar-refractivity contribution < 1.29 is 15.0 Å². The number of amides is 1. The number of aliphatic hydroxyl groups excluding tert-OH is 2. The van der Waals surface area contributed by atoms with Gasteiger partial charge in [-0.3, -0.25) is 14.7 Å². The second kappa shape index (κ2) is 4.54. The zero-order valence-electron chi connectivity index (χ0n) is 6.92. The zero-order valence-corrected chi connectivity index (χ0v) is 6.92. The van der Waals surface area contributed by atoms with Gasteiger partial charge in [0.2, 0.25) is 0 Å². The van der Waals surface area contributed by atoms with Crippen molar-refractivity contribution in [1.82, 2.24) is 9.88 Å². The van der Waals surface area contributed by atoms with Gasteiger partial charge in [0.15, 0.2) is 0 Å². The third-order valence-electron chi connectivity index (χ3n) is 1.56. The molecule has 0 aliphatic carbocycles. The molecule has 70 valence electrons. The van der Waals surface area contributed by atoms with Crippen LogP contribution in [-0.4, -0.2) is 39.5 Å². The summed E-state index contributed by atoms with van der Waals surface area (Å²) >= 11 is 0. The highest BCUT2D eigenvalue weighted by molar-refractivity contribution is 5.93. The van der Waals surface area contributed by atoms with Crippen molar-refractivity contribution in [2.24, 2.45) is 0 Å². The molecule has 0 aliphatic heterocycles. The van der Waals surface area contributed by atoms with Crippen molar-refractivity contribution in [2.75, 3.05) is 13.5 Å². The van der Waals surface area contributed by atoms with E-state index >= 15 is 0 Å².